The lowest BCUT2D eigenvalue weighted by Crippen LogP contribution is -2.25. The zero-order valence-electron chi connectivity index (χ0n) is 13.8. The van der Waals surface area contributed by atoms with Crippen LogP contribution in [0, 0.1) is 0 Å². The second-order valence-corrected chi connectivity index (χ2v) is 5.76. The number of hydrogen-bond donors (Lipinski definition) is 0. The fraction of sp³-hybridized carbons (Fsp3) is 0.211. The second kappa shape index (κ2) is 6.57. The molecule has 4 nitrogen and oxygen atoms in total. The smallest absolute Gasteiger partial charge is 0.258 e. The molecule has 124 valence electrons. The predicted molar refractivity (Wildman–Crippen MR) is 96.9 cm³/mol. The summed E-state index contributed by atoms with van der Waals surface area (Å²) in [5.74, 6) is 1.11. The number of anilines is 1. The summed E-state index contributed by atoms with van der Waals surface area (Å²) >= 11 is 6.23. The number of carbonyl (C=O) groups excluding carboxylic acids is 1. The zero-order chi connectivity index (χ0) is 17.3. The van der Waals surface area contributed by atoms with Crippen LogP contribution in [0.25, 0.3) is 11.6 Å². The highest BCUT2D eigenvalue weighted by molar-refractivity contribution is 6.36. The van der Waals surface area contributed by atoms with E-state index in [0.29, 0.717) is 28.6 Å². The van der Waals surface area contributed by atoms with E-state index >= 15 is 0 Å². The number of benzene rings is 2. The fourth-order valence-corrected chi connectivity index (χ4v) is 3.16. The van der Waals surface area contributed by atoms with E-state index in [4.69, 9.17) is 21.1 Å². The molecule has 1 aliphatic rings. The number of nitrogens with zero attached hydrogens (tertiary/aromatic N) is 1. The van der Waals surface area contributed by atoms with Crippen LogP contribution in [-0.4, -0.2) is 26.7 Å². The van der Waals surface area contributed by atoms with Crippen LogP contribution < -0.4 is 14.4 Å². The van der Waals surface area contributed by atoms with Gasteiger partial charge in [0.2, 0.25) is 0 Å². The Morgan fingerprint density at radius 1 is 1.12 bits per heavy atom. The summed E-state index contributed by atoms with van der Waals surface area (Å²) in [4.78, 5) is 14.5. The molecule has 1 heterocycles. The van der Waals surface area contributed by atoms with Crippen molar-refractivity contribution in [1.82, 2.24) is 0 Å². The van der Waals surface area contributed by atoms with E-state index < -0.39 is 0 Å². The van der Waals surface area contributed by atoms with Crippen LogP contribution in [0.1, 0.15) is 18.1 Å². The summed E-state index contributed by atoms with van der Waals surface area (Å²) in [6.45, 7) is 2.58. The second-order valence-electron chi connectivity index (χ2n) is 5.35. The minimum atomic E-state index is -0.0207. The molecule has 2 aromatic rings. The van der Waals surface area contributed by atoms with Gasteiger partial charge in [-0.05, 0) is 25.1 Å². The van der Waals surface area contributed by atoms with Crippen molar-refractivity contribution in [3.05, 3.63) is 52.5 Å². The molecule has 0 aromatic heterocycles. The first-order valence-electron chi connectivity index (χ1n) is 7.65. The van der Waals surface area contributed by atoms with Crippen LogP contribution in [-0.2, 0) is 4.79 Å². The topological polar surface area (TPSA) is 38.8 Å². The van der Waals surface area contributed by atoms with Crippen LogP contribution in [0.5, 0.6) is 11.5 Å². The Bertz CT molecular complexity index is 829. The van der Waals surface area contributed by atoms with E-state index in [0.717, 1.165) is 16.8 Å². The van der Waals surface area contributed by atoms with E-state index in [9.17, 15) is 4.79 Å². The molecule has 0 N–H and O–H groups in total. The maximum atomic E-state index is 12.8. The Morgan fingerprint density at radius 3 is 2.50 bits per heavy atom. The van der Waals surface area contributed by atoms with Crippen molar-refractivity contribution in [3.8, 4) is 11.5 Å². The highest BCUT2D eigenvalue weighted by Gasteiger charge is 2.31. The number of amides is 1. The van der Waals surface area contributed by atoms with Gasteiger partial charge < -0.3 is 14.4 Å². The molecule has 1 aliphatic heterocycles. The normalized spacial score (nSPS) is 14.9. The minimum absolute atomic E-state index is 0.0207. The van der Waals surface area contributed by atoms with Gasteiger partial charge in [0.15, 0.2) is 0 Å². The summed E-state index contributed by atoms with van der Waals surface area (Å²) in [7, 11) is 3.13. The van der Waals surface area contributed by atoms with Crippen LogP contribution in [0.4, 0.5) is 5.69 Å². The average molecular weight is 344 g/mol. The van der Waals surface area contributed by atoms with Gasteiger partial charge >= 0.3 is 0 Å². The lowest BCUT2D eigenvalue weighted by atomic mass is 10.0. The van der Waals surface area contributed by atoms with Gasteiger partial charge in [-0.1, -0.05) is 29.8 Å². The predicted octanol–water partition coefficient (Wildman–Crippen LogP) is 4.26. The van der Waals surface area contributed by atoms with Crippen molar-refractivity contribution < 1.29 is 14.3 Å². The van der Waals surface area contributed by atoms with Crippen molar-refractivity contribution in [2.24, 2.45) is 0 Å². The molecule has 0 bridgehead atoms. The Morgan fingerprint density at radius 2 is 1.83 bits per heavy atom. The van der Waals surface area contributed by atoms with E-state index in [2.05, 4.69) is 0 Å². The Hall–Kier alpha value is -2.46. The van der Waals surface area contributed by atoms with Crippen molar-refractivity contribution in [2.75, 3.05) is 25.7 Å². The number of methoxy groups -OCH3 is 2. The summed E-state index contributed by atoms with van der Waals surface area (Å²) < 4.78 is 10.6. The number of ether oxygens (including phenoxy) is 2. The third-order valence-corrected chi connectivity index (χ3v) is 4.38. The van der Waals surface area contributed by atoms with Gasteiger partial charge in [-0.25, -0.2) is 0 Å². The maximum absolute atomic E-state index is 12.8. The molecule has 24 heavy (non-hydrogen) atoms. The third-order valence-electron chi connectivity index (χ3n) is 4.08. The van der Waals surface area contributed by atoms with Crippen LogP contribution in [0.2, 0.25) is 5.02 Å². The quantitative estimate of drug-likeness (QED) is 0.778. The summed E-state index contributed by atoms with van der Waals surface area (Å²) in [6, 6.07) is 11.2. The molecule has 2 aromatic carbocycles. The first-order valence-corrected chi connectivity index (χ1v) is 8.03. The maximum Gasteiger partial charge on any atom is 0.258 e. The van der Waals surface area contributed by atoms with Gasteiger partial charge in [0.05, 0.1) is 24.9 Å². The van der Waals surface area contributed by atoms with Crippen molar-refractivity contribution in [1.29, 1.82) is 0 Å². The Labute approximate surface area is 146 Å². The molecule has 0 spiro atoms. The molecule has 0 saturated carbocycles. The number of likely N-dealkylation sites (N-methyl/N-ethyl adjacent to an activating group) is 1. The monoisotopic (exact) mass is 343 g/mol. The van der Waals surface area contributed by atoms with E-state index in [1.54, 1.807) is 31.3 Å². The number of carbonyl (C=O) groups is 1. The molecule has 1 amide bonds. The largest absolute Gasteiger partial charge is 0.496 e. The van der Waals surface area contributed by atoms with E-state index in [1.165, 1.54) is 0 Å². The first-order chi connectivity index (χ1) is 11.6. The number of rotatable bonds is 4. The highest BCUT2D eigenvalue weighted by Crippen LogP contribution is 2.40. The average Bonchev–Trinajstić information content (AvgIpc) is 2.87. The molecular formula is C19H18ClNO3. The highest BCUT2D eigenvalue weighted by atomic mass is 35.5. The fourth-order valence-electron chi connectivity index (χ4n) is 2.91. The number of hydrogen-bond acceptors (Lipinski definition) is 3. The molecule has 0 radical (unpaired) electrons. The third kappa shape index (κ3) is 2.63. The van der Waals surface area contributed by atoms with Crippen molar-refractivity contribution >= 4 is 34.8 Å². The lowest BCUT2D eigenvalue weighted by molar-refractivity contribution is -0.112. The Kier molecular flexibility index (Phi) is 4.49. The van der Waals surface area contributed by atoms with E-state index in [1.807, 2.05) is 37.3 Å². The molecule has 0 atom stereocenters. The van der Waals surface area contributed by atoms with Crippen LogP contribution >= 0.6 is 11.6 Å². The zero-order valence-corrected chi connectivity index (χ0v) is 14.6. The molecule has 3 rings (SSSR count). The van der Waals surface area contributed by atoms with Gasteiger partial charge in [-0.2, -0.15) is 0 Å². The Balaban J connectivity index is 2.16. The van der Waals surface area contributed by atoms with Gasteiger partial charge in [-0.15, -0.1) is 0 Å². The van der Waals surface area contributed by atoms with Crippen LogP contribution in [0.3, 0.4) is 0 Å². The van der Waals surface area contributed by atoms with E-state index in [-0.39, 0.29) is 5.91 Å². The van der Waals surface area contributed by atoms with Crippen molar-refractivity contribution in [2.45, 2.75) is 6.92 Å². The molecule has 5 heteroatoms. The first kappa shape index (κ1) is 16.4. The molecule has 0 fully saturated rings. The number of fused-ring (bicyclic) bond motifs is 1. The minimum Gasteiger partial charge on any atom is -0.496 e. The van der Waals surface area contributed by atoms with Gasteiger partial charge in [0.25, 0.3) is 5.91 Å². The summed E-state index contributed by atoms with van der Waals surface area (Å²) in [5.41, 5.74) is 3.21. The number of para-hydroxylation sites is 1. The number of halogens is 1. The van der Waals surface area contributed by atoms with Gasteiger partial charge in [0.1, 0.15) is 11.5 Å². The van der Waals surface area contributed by atoms with Crippen molar-refractivity contribution in [3.63, 3.8) is 0 Å². The SMILES string of the molecule is CCN1C(=O)/C(=C\c2cc(Cl)c(OC)cc2OC)c2ccccc21. The molecule has 0 saturated heterocycles. The standard InChI is InChI=1S/C19H18ClNO3/c1-4-21-16-8-6-5-7-13(16)14(19(21)22)9-12-10-15(20)18(24-3)11-17(12)23-2/h5-11H,4H2,1-3H3/b14-9-. The lowest BCUT2D eigenvalue weighted by Gasteiger charge is -2.13. The summed E-state index contributed by atoms with van der Waals surface area (Å²) in [5, 5.41) is 0.469. The molecule has 0 aliphatic carbocycles. The van der Waals surface area contributed by atoms with Crippen LogP contribution in [0.15, 0.2) is 36.4 Å². The molecule has 0 unspecified atom stereocenters. The summed E-state index contributed by atoms with van der Waals surface area (Å²) in [6.07, 6.45) is 1.82. The molecular weight excluding hydrogens is 326 g/mol. The van der Waals surface area contributed by atoms with Gasteiger partial charge in [0, 0.05) is 29.3 Å². The van der Waals surface area contributed by atoms with Gasteiger partial charge in [-0.3, -0.25) is 4.79 Å².